The van der Waals surface area contributed by atoms with E-state index in [0.29, 0.717) is 16.3 Å². The summed E-state index contributed by atoms with van der Waals surface area (Å²) in [4.78, 5) is 14.9. The topological polar surface area (TPSA) is 46.3 Å². The lowest BCUT2D eigenvalue weighted by atomic mass is 10.2. The van der Waals surface area contributed by atoms with Crippen LogP contribution in [-0.2, 0) is 0 Å². The fourth-order valence-electron chi connectivity index (χ4n) is 1.25. The number of hydrogen-bond donors (Lipinski definition) is 1. The third kappa shape index (κ3) is 4.01. The summed E-state index contributed by atoms with van der Waals surface area (Å²) in [6.07, 6.45) is 0.533. The number of rotatable bonds is 4. The Labute approximate surface area is 127 Å². The first-order valence-electron chi connectivity index (χ1n) is 4.83. The zero-order chi connectivity index (χ0) is 13.2. The molecule has 0 fully saturated rings. The number of amides is 1. The average Bonchev–Trinajstić information content (AvgIpc) is 2.56. The highest BCUT2D eigenvalue weighted by Crippen LogP contribution is 2.33. The van der Waals surface area contributed by atoms with E-state index >= 15 is 0 Å². The van der Waals surface area contributed by atoms with Crippen molar-refractivity contribution in [3.05, 3.63) is 19.2 Å². The first-order valence-corrected chi connectivity index (χ1v) is 7.64. The van der Waals surface area contributed by atoms with Crippen molar-refractivity contribution < 1.29 is 4.79 Å². The number of nitrogens with two attached hydrogens (primary N) is 1. The van der Waals surface area contributed by atoms with Gasteiger partial charge in [0.2, 0.25) is 0 Å². The van der Waals surface area contributed by atoms with Gasteiger partial charge in [0.1, 0.15) is 0 Å². The Balaban J connectivity index is 2.79. The highest BCUT2D eigenvalue weighted by molar-refractivity contribution is 9.13. The fourth-order valence-corrected chi connectivity index (χ4v) is 3.51. The van der Waals surface area contributed by atoms with Crippen molar-refractivity contribution in [1.82, 2.24) is 4.90 Å². The van der Waals surface area contributed by atoms with Gasteiger partial charge in [0.25, 0.3) is 5.91 Å². The van der Waals surface area contributed by atoms with Gasteiger partial charge in [-0.1, -0.05) is 12.2 Å². The van der Waals surface area contributed by atoms with E-state index in [2.05, 4.69) is 31.9 Å². The normalized spacial score (nSPS) is 12.2. The van der Waals surface area contributed by atoms with Crippen LogP contribution in [0.15, 0.2) is 14.3 Å². The molecule has 1 aromatic rings. The molecule has 1 unspecified atom stereocenters. The molecule has 0 radical (unpaired) electrons. The van der Waals surface area contributed by atoms with E-state index < -0.39 is 0 Å². The minimum Gasteiger partial charge on any atom is -0.393 e. The Hall–Kier alpha value is 0.0200. The van der Waals surface area contributed by atoms with Gasteiger partial charge in [0.15, 0.2) is 0 Å². The Bertz CT molecular complexity index is 428. The standard InChI is InChI=1S/C10H12Br2N2OS2/c1-5(3-8(13)16)14(2)10(15)7-4-6(11)9(12)17-7/h4-5H,3H2,1-2H3,(H2,13,16). The summed E-state index contributed by atoms with van der Waals surface area (Å²) in [6, 6.07) is 1.81. The smallest absolute Gasteiger partial charge is 0.263 e. The van der Waals surface area contributed by atoms with Crippen molar-refractivity contribution in [2.75, 3.05) is 7.05 Å². The van der Waals surface area contributed by atoms with Gasteiger partial charge < -0.3 is 10.6 Å². The molecule has 1 rings (SSSR count). The third-order valence-electron chi connectivity index (χ3n) is 2.33. The molecule has 17 heavy (non-hydrogen) atoms. The van der Waals surface area contributed by atoms with Crippen LogP contribution in [0.2, 0.25) is 0 Å². The Morgan fingerprint density at radius 2 is 2.24 bits per heavy atom. The maximum atomic E-state index is 12.1. The summed E-state index contributed by atoms with van der Waals surface area (Å²) in [5, 5.41) is 0. The van der Waals surface area contributed by atoms with Gasteiger partial charge >= 0.3 is 0 Å². The first-order chi connectivity index (χ1) is 7.82. The van der Waals surface area contributed by atoms with Crippen LogP contribution in [0.3, 0.4) is 0 Å². The predicted octanol–water partition coefficient (Wildman–Crippen LogP) is 3.41. The van der Waals surface area contributed by atoms with Crippen LogP contribution in [0.4, 0.5) is 0 Å². The van der Waals surface area contributed by atoms with Gasteiger partial charge in [-0.25, -0.2) is 0 Å². The number of halogens is 2. The molecular weight excluding hydrogens is 388 g/mol. The van der Waals surface area contributed by atoms with Gasteiger partial charge in [-0.15, -0.1) is 11.3 Å². The zero-order valence-corrected chi connectivity index (χ0v) is 14.2. The molecule has 3 nitrogen and oxygen atoms in total. The second-order valence-corrected chi connectivity index (χ2v) is 7.42. The second kappa shape index (κ2) is 6.26. The summed E-state index contributed by atoms with van der Waals surface area (Å²) >= 11 is 13.0. The van der Waals surface area contributed by atoms with Crippen molar-refractivity contribution in [3.63, 3.8) is 0 Å². The molecule has 0 aliphatic heterocycles. The van der Waals surface area contributed by atoms with E-state index in [-0.39, 0.29) is 11.9 Å². The summed E-state index contributed by atoms with van der Waals surface area (Å²) in [6.45, 7) is 1.93. The molecule has 0 spiro atoms. The highest BCUT2D eigenvalue weighted by Gasteiger charge is 2.20. The number of hydrogen-bond acceptors (Lipinski definition) is 3. The second-order valence-electron chi connectivity index (χ2n) is 3.67. The molecule has 1 atom stereocenters. The van der Waals surface area contributed by atoms with Gasteiger partial charge in [0.05, 0.1) is 13.7 Å². The monoisotopic (exact) mass is 398 g/mol. The van der Waals surface area contributed by atoms with Gasteiger partial charge in [0, 0.05) is 24.0 Å². The van der Waals surface area contributed by atoms with Crippen molar-refractivity contribution in [2.24, 2.45) is 5.73 Å². The van der Waals surface area contributed by atoms with Crippen LogP contribution in [0.25, 0.3) is 0 Å². The third-order valence-corrected chi connectivity index (χ3v) is 5.74. The van der Waals surface area contributed by atoms with E-state index in [4.69, 9.17) is 18.0 Å². The molecule has 1 amide bonds. The highest BCUT2D eigenvalue weighted by atomic mass is 79.9. The molecule has 0 aromatic carbocycles. The number of carbonyl (C=O) groups excluding carboxylic acids is 1. The summed E-state index contributed by atoms with van der Waals surface area (Å²) in [7, 11) is 1.76. The van der Waals surface area contributed by atoms with E-state index in [1.807, 2.05) is 6.92 Å². The molecule has 0 saturated heterocycles. The zero-order valence-electron chi connectivity index (χ0n) is 9.37. The number of nitrogens with zero attached hydrogens (tertiary/aromatic N) is 1. The lowest BCUT2D eigenvalue weighted by molar-refractivity contribution is 0.0753. The minimum atomic E-state index is -0.0230. The number of thiophene rings is 1. The van der Waals surface area contributed by atoms with E-state index in [1.54, 1.807) is 18.0 Å². The van der Waals surface area contributed by atoms with E-state index in [9.17, 15) is 4.79 Å². The molecular formula is C10H12Br2N2OS2. The van der Waals surface area contributed by atoms with E-state index in [0.717, 1.165) is 8.26 Å². The number of thiocarbonyl (C=S) groups is 1. The van der Waals surface area contributed by atoms with E-state index in [1.165, 1.54) is 11.3 Å². The predicted molar refractivity (Wildman–Crippen MR) is 82.7 cm³/mol. The molecule has 1 aromatic heterocycles. The van der Waals surface area contributed by atoms with Crippen LogP contribution in [0, 0.1) is 0 Å². The lowest BCUT2D eigenvalue weighted by Gasteiger charge is -2.23. The molecule has 0 bridgehead atoms. The molecule has 0 saturated carbocycles. The van der Waals surface area contributed by atoms with Crippen molar-refractivity contribution in [3.8, 4) is 0 Å². The minimum absolute atomic E-state index is 0.000323. The van der Waals surface area contributed by atoms with Crippen molar-refractivity contribution in [1.29, 1.82) is 0 Å². The van der Waals surface area contributed by atoms with Gasteiger partial charge in [-0.05, 0) is 44.8 Å². The Morgan fingerprint density at radius 1 is 1.65 bits per heavy atom. The number of carbonyl (C=O) groups is 1. The largest absolute Gasteiger partial charge is 0.393 e. The molecule has 1 heterocycles. The lowest BCUT2D eigenvalue weighted by Crippen LogP contribution is -2.37. The maximum absolute atomic E-state index is 12.1. The SMILES string of the molecule is CC(CC(N)=S)N(C)C(=O)c1cc(Br)c(Br)s1. The van der Waals surface area contributed by atoms with Crippen LogP contribution in [0.5, 0.6) is 0 Å². The average molecular weight is 400 g/mol. The quantitative estimate of drug-likeness (QED) is 0.789. The molecule has 94 valence electrons. The fraction of sp³-hybridized carbons (Fsp3) is 0.400. The summed E-state index contributed by atoms with van der Waals surface area (Å²) in [5.74, 6) is -0.0230. The molecule has 7 heteroatoms. The van der Waals surface area contributed by atoms with Crippen molar-refractivity contribution in [2.45, 2.75) is 19.4 Å². The molecule has 0 aliphatic carbocycles. The Kier molecular flexibility index (Phi) is 5.56. The van der Waals surface area contributed by atoms with Crippen LogP contribution in [-0.4, -0.2) is 28.9 Å². The molecule has 0 aliphatic rings. The van der Waals surface area contributed by atoms with Crippen molar-refractivity contribution >= 4 is 66.3 Å². The maximum Gasteiger partial charge on any atom is 0.263 e. The summed E-state index contributed by atoms with van der Waals surface area (Å²) < 4.78 is 1.80. The summed E-state index contributed by atoms with van der Waals surface area (Å²) in [5.41, 5.74) is 5.48. The van der Waals surface area contributed by atoms with Crippen LogP contribution < -0.4 is 5.73 Å². The van der Waals surface area contributed by atoms with Crippen LogP contribution in [0.1, 0.15) is 23.0 Å². The van der Waals surface area contributed by atoms with Gasteiger partial charge in [-0.3, -0.25) is 4.79 Å². The first kappa shape index (κ1) is 15.1. The van der Waals surface area contributed by atoms with Gasteiger partial charge in [-0.2, -0.15) is 0 Å². The molecule has 2 N–H and O–H groups in total. The van der Waals surface area contributed by atoms with Crippen LogP contribution >= 0.6 is 55.4 Å². The Morgan fingerprint density at radius 3 is 2.65 bits per heavy atom.